The maximum atomic E-state index is 11.2. The quantitative estimate of drug-likeness (QED) is 0.622. The summed E-state index contributed by atoms with van der Waals surface area (Å²) in [5.41, 5.74) is 6.15. The minimum absolute atomic E-state index is 0.123. The Labute approximate surface area is 130 Å². The average molecular weight is 357 g/mol. The van der Waals surface area contributed by atoms with Crippen LogP contribution in [0.25, 0.3) is 0 Å². The fourth-order valence-corrected chi connectivity index (χ4v) is 2.90. The number of rotatable bonds is 4. The van der Waals surface area contributed by atoms with Crippen molar-refractivity contribution >= 4 is 34.1 Å². The van der Waals surface area contributed by atoms with Crippen LogP contribution in [0.15, 0.2) is 22.8 Å². The number of hydrogen-bond donors (Lipinski definition) is 2. The Kier molecular flexibility index (Phi) is 5.13. The molecule has 114 valence electrons. The van der Waals surface area contributed by atoms with Gasteiger partial charge in [-0.3, -0.25) is 4.90 Å². The van der Waals surface area contributed by atoms with E-state index in [-0.39, 0.29) is 18.8 Å². The molecular weight excluding hydrogens is 340 g/mol. The Morgan fingerprint density at radius 3 is 2.95 bits per heavy atom. The molecule has 1 aliphatic rings. The second-order valence-corrected chi connectivity index (χ2v) is 5.67. The number of piperidine rings is 1. The zero-order valence-electron chi connectivity index (χ0n) is 11.4. The van der Waals surface area contributed by atoms with Gasteiger partial charge in [-0.2, -0.15) is 0 Å². The van der Waals surface area contributed by atoms with E-state index in [2.05, 4.69) is 20.9 Å². The predicted molar refractivity (Wildman–Crippen MR) is 81.1 cm³/mol. The number of carbonyl (C=O) groups is 2. The molecule has 0 radical (unpaired) electrons. The molecule has 0 saturated carbocycles. The number of carboxylic acid groups (broad SMARTS) is 1. The summed E-state index contributed by atoms with van der Waals surface area (Å²) in [6, 6.07) is 5.33. The van der Waals surface area contributed by atoms with Crippen LogP contribution in [0.2, 0.25) is 0 Å². The molecule has 2 heterocycles. The van der Waals surface area contributed by atoms with Crippen LogP contribution in [0.1, 0.15) is 12.8 Å². The normalized spacial score (nSPS) is 21.9. The third-order valence-corrected chi connectivity index (χ3v) is 4.01. The first kappa shape index (κ1) is 15.7. The lowest BCUT2D eigenvalue weighted by molar-refractivity contribution is -0.109. The standard InChI is InChI=1S/C13H17BrN4O3/c14-10-2-1-3-12(16-10)18-5-4-9(8-11(18)15)17(6-7-19)13(20)21/h1-3,7,9,11H,4-6,8,15H2,(H,20,21). The Bertz CT molecular complexity index is 528. The molecule has 3 N–H and O–H groups in total. The molecule has 0 spiro atoms. The lowest BCUT2D eigenvalue weighted by atomic mass is 10.0. The van der Waals surface area contributed by atoms with Gasteiger partial charge in [0.25, 0.3) is 0 Å². The van der Waals surface area contributed by atoms with Crippen LogP contribution in [0, 0.1) is 0 Å². The van der Waals surface area contributed by atoms with Crippen LogP contribution >= 0.6 is 15.9 Å². The third-order valence-electron chi connectivity index (χ3n) is 3.57. The fourth-order valence-electron chi connectivity index (χ4n) is 2.57. The Hall–Kier alpha value is -1.67. The van der Waals surface area contributed by atoms with Gasteiger partial charge in [0, 0.05) is 19.0 Å². The van der Waals surface area contributed by atoms with Crippen LogP contribution in [0.4, 0.5) is 10.6 Å². The van der Waals surface area contributed by atoms with E-state index in [1.165, 1.54) is 0 Å². The molecule has 0 aliphatic carbocycles. The molecule has 2 unspecified atom stereocenters. The maximum Gasteiger partial charge on any atom is 0.407 e. The predicted octanol–water partition coefficient (Wildman–Crippen LogP) is 1.28. The minimum Gasteiger partial charge on any atom is -0.465 e. The zero-order valence-corrected chi connectivity index (χ0v) is 12.9. The molecule has 1 amide bonds. The molecule has 1 aromatic heterocycles. The smallest absolute Gasteiger partial charge is 0.407 e. The second-order valence-electron chi connectivity index (χ2n) is 4.86. The van der Waals surface area contributed by atoms with Gasteiger partial charge in [-0.05, 0) is 34.5 Å². The fraction of sp³-hybridized carbons (Fsp3) is 0.462. The van der Waals surface area contributed by atoms with E-state index >= 15 is 0 Å². The summed E-state index contributed by atoms with van der Waals surface area (Å²) in [7, 11) is 0. The first-order chi connectivity index (χ1) is 10.0. The Balaban J connectivity index is 2.08. The highest BCUT2D eigenvalue weighted by Crippen LogP contribution is 2.25. The maximum absolute atomic E-state index is 11.2. The highest BCUT2D eigenvalue weighted by molar-refractivity contribution is 9.10. The molecule has 21 heavy (non-hydrogen) atoms. The molecule has 1 fully saturated rings. The van der Waals surface area contributed by atoms with Crippen LogP contribution in [0.5, 0.6) is 0 Å². The van der Waals surface area contributed by atoms with Crippen molar-refractivity contribution in [2.75, 3.05) is 18.0 Å². The van der Waals surface area contributed by atoms with Gasteiger partial charge in [-0.15, -0.1) is 0 Å². The number of pyridine rings is 1. The molecule has 1 aliphatic heterocycles. The third kappa shape index (κ3) is 3.70. The van der Waals surface area contributed by atoms with Crippen molar-refractivity contribution in [1.82, 2.24) is 9.88 Å². The van der Waals surface area contributed by atoms with E-state index in [1.807, 2.05) is 23.1 Å². The van der Waals surface area contributed by atoms with Crippen molar-refractivity contribution in [1.29, 1.82) is 0 Å². The molecule has 1 saturated heterocycles. The lowest BCUT2D eigenvalue weighted by Gasteiger charge is -2.41. The van der Waals surface area contributed by atoms with E-state index in [9.17, 15) is 9.59 Å². The van der Waals surface area contributed by atoms with Gasteiger partial charge in [0.05, 0.1) is 12.7 Å². The summed E-state index contributed by atoms with van der Waals surface area (Å²) >= 11 is 3.32. The van der Waals surface area contributed by atoms with Gasteiger partial charge in [0.2, 0.25) is 0 Å². The van der Waals surface area contributed by atoms with Crippen molar-refractivity contribution < 1.29 is 14.7 Å². The number of aldehydes is 1. The van der Waals surface area contributed by atoms with Gasteiger partial charge in [-0.25, -0.2) is 9.78 Å². The molecule has 1 aromatic rings. The zero-order chi connectivity index (χ0) is 15.4. The summed E-state index contributed by atoms with van der Waals surface area (Å²) in [6.45, 7) is 0.472. The van der Waals surface area contributed by atoms with Gasteiger partial charge < -0.3 is 20.5 Å². The first-order valence-corrected chi connectivity index (χ1v) is 7.40. The number of nitrogens with zero attached hydrogens (tertiary/aromatic N) is 3. The molecule has 0 bridgehead atoms. The van der Waals surface area contributed by atoms with Crippen molar-refractivity contribution in [2.24, 2.45) is 5.73 Å². The lowest BCUT2D eigenvalue weighted by Crippen LogP contribution is -2.55. The van der Waals surface area contributed by atoms with Crippen molar-refractivity contribution in [2.45, 2.75) is 25.0 Å². The molecule has 0 aromatic carbocycles. The number of anilines is 1. The number of carbonyl (C=O) groups excluding carboxylic acids is 1. The van der Waals surface area contributed by atoms with E-state index < -0.39 is 6.09 Å². The highest BCUT2D eigenvalue weighted by atomic mass is 79.9. The number of hydrogen-bond acceptors (Lipinski definition) is 5. The number of halogens is 1. The summed E-state index contributed by atoms with van der Waals surface area (Å²) in [5.74, 6) is 0.757. The molecule has 8 heteroatoms. The van der Waals surface area contributed by atoms with E-state index in [0.717, 1.165) is 15.3 Å². The summed E-state index contributed by atoms with van der Waals surface area (Å²) in [4.78, 5) is 29.3. The first-order valence-electron chi connectivity index (χ1n) is 6.61. The van der Waals surface area contributed by atoms with E-state index in [1.54, 1.807) is 0 Å². The Morgan fingerprint density at radius 2 is 2.38 bits per heavy atom. The molecule has 2 atom stereocenters. The van der Waals surface area contributed by atoms with Crippen molar-refractivity contribution in [3.05, 3.63) is 22.8 Å². The van der Waals surface area contributed by atoms with E-state index in [0.29, 0.717) is 25.7 Å². The molecule has 7 nitrogen and oxygen atoms in total. The van der Waals surface area contributed by atoms with Crippen molar-refractivity contribution in [3.8, 4) is 0 Å². The summed E-state index contributed by atoms with van der Waals surface area (Å²) in [5, 5.41) is 9.16. The average Bonchev–Trinajstić information content (AvgIpc) is 2.44. The minimum atomic E-state index is -1.09. The van der Waals surface area contributed by atoms with Crippen LogP contribution in [-0.4, -0.2) is 52.7 Å². The van der Waals surface area contributed by atoms with Gasteiger partial charge in [-0.1, -0.05) is 6.07 Å². The van der Waals surface area contributed by atoms with E-state index in [4.69, 9.17) is 10.8 Å². The number of aromatic nitrogens is 1. The SMILES string of the molecule is NC1CC(N(CC=O)C(=O)O)CCN1c1cccc(Br)n1. The second kappa shape index (κ2) is 6.86. The van der Waals surface area contributed by atoms with Crippen LogP contribution in [-0.2, 0) is 4.79 Å². The molecular formula is C13H17BrN4O3. The highest BCUT2D eigenvalue weighted by Gasteiger charge is 2.32. The summed E-state index contributed by atoms with van der Waals surface area (Å²) in [6.07, 6.45) is 0.255. The van der Waals surface area contributed by atoms with Gasteiger partial charge in [0.15, 0.2) is 0 Å². The topological polar surface area (TPSA) is 99.8 Å². The van der Waals surface area contributed by atoms with Crippen LogP contribution in [0.3, 0.4) is 0 Å². The molecule has 2 rings (SSSR count). The summed E-state index contributed by atoms with van der Waals surface area (Å²) < 4.78 is 0.724. The van der Waals surface area contributed by atoms with Gasteiger partial charge in [0.1, 0.15) is 16.7 Å². The van der Waals surface area contributed by atoms with Crippen molar-refractivity contribution in [3.63, 3.8) is 0 Å². The number of amides is 1. The number of nitrogens with two attached hydrogens (primary N) is 1. The van der Waals surface area contributed by atoms with Gasteiger partial charge >= 0.3 is 6.09 Å². The monoisotopic (exact) mass is 356 g/mol. The largest absolute Gasteiger partial charge is 0.465 e. The Morgan fingerprint density at radius 1 is 1.62 bits per heavy atom. The van der Waals surface area contributed by atoms with Crippen LogP contribution < -0.4 is 10.6 Å².